The third-order valence-corrected chi connectivity index (χ3v) is 2.18. The van der Waals surface area contributed by atoms with Crippen molar-refractivity contribution in [3.8, 4) is 5.75 Å². The number of hydrogen-bond donors (Lipinski definition) is 2. The maximum atomic E-state index is 9.37. The van der Waals surface area contributed by atoms with Gasteiger partial charge in [0.15, 0.2) is 0 Å². The highest BCUT2D eigenvalue weighted by atomic mass is 35.5. The molecule has 0 atom stereocenters. The van der Waals surface area contributed by atoms with Crippen molar-refractivity contribution in [2.75, 3.05) is 11.1 Å². The number of benzene rings is 1. The van der Waals surface area contributed by atoms with Crippen molar-refractivity contribution < 1.29 is 5.11 Å². The summed E-state index contributed by atoms with van der Waals surface area (Å²) in [5.74, 6) is 0.172. The fraction of sp³-hybridized carbons (Fsp3) is 0.500. The van der Waals surface area contributed by atoms with Gasteiger partial charge in [-0.1, -0.05) is 20.8 Å². The minimum Gasteiger partial charge on any atom is -0.506 e. The minimum absolute atomic E-state index is 0.0753. The van der Waals surface area contributed by atoms with E-state index in [9.17, 15) is 5.11 Å². The van der Waals surface area contributed by atoms with Crippen molar-refractivity contribution in [3.05, 3.63) is 23.3 Å². The number of nitrogen functional groups attached to an aromatic ring is 1. The van der Waals surface area contributed by atoms with Gasteiger partial charge >= 0.3 is 0 Å². The zero-order valence-corrected chi connectivity index (χ0v) is 11.7. The van der Waals surface area contributed by atoms with Gasteiger partial charge in [-0.2, -0.15) is 0 Å². The molecule has 92 valence electrons. The number of phenolic OH excluding ortho intramolecular Hbond substituents is 1. The number of aromatic hydroxyl groups is 1. The van der Waals surface area contributed by atoms with Crippen molar-refractivity contribution in [1.82, 2.24) is 0 Å². The lowest BCUT2D eigenvalue weighted by Gasteiger charge is -2.22. The summed E-state index contributed by atoms with van der Waals surface area (Å²) >= 11 is 9.53. The molecular formula is C12H19Cl2NO. The van der Waals surface area contributed by atoms with Gasteiger partial charge in [0.05, 0.1) is 11.0 Å². The molecule has 1 aromatic carbocycles. The van der Waals surface area contributed by atoms with Crippen molar-refractivity contribution in [1.29, 1.82) is 0 Å². The van der Waals surface area contributed by atoms with Crippen LogP contribution in [0.2, 0.25) is 0 Å². The lowest BCUT2D eigenvalue weighted by atomic mass is 9.84. The third-order valence-electron chi connectivity index (χ3n) is 2.18. The van der Waals surface area contributed by atoms with Crippen molar-refractivity contribution >= 4 is 28.9 Å². The molecule has 0 aliphatic heterocycles. The topological polar surface area (TPSA) is 46.2 Å². The van der Waals surface area contributed by atoms with Crippen LogP contribution in [-0.2, 0) is 5.41 Å². The van der Waals surface area contributed by atoms with Crippen LogP contribution in [0, 0.1) is 6.92 Å². The molecule has 4 heteroatoms. The molecule has 1 aromatic rings. The zero-order chi connectivity index (χ0) is 12.9. The molecule has 0 radical (unpaired) electrons. The first-order valence-electron chi connectivity index (χ1n) is 4.95. The molecule has 0 fully saturated rings. The van der Waals surface area contributed by atoms with Gasteiger partial charge in [-0.05, 0) is 35.6 Å². The molecule has 1 rings (SSSR count). The Morgan fingerprint density at radius 2 is 1.69 bits per heavy atom. The van der Waals surface area contributed by atoms with E-state index in [0.29, 0.717) is 5.69 Å². The molecule has 0 heterocycles. The molecule has 2 nitrogen and oxygen atoms in total. The molecule has 0 unspecified atom stereocenters. The van der Waals surface area contributed by atoms with Gasteiger partial charge in [-0.25, -0.2) is 0 Å². The molecular weight excluding hydrogens is 245 g/mol. The number of alkyl halides is 2. The summed E-state index contributed by atoms with van der Waals surface area (Å²) in [4.78, 5) is 0. The second kappa shape index (κ2) is 6.21. The number of aryl methyl sites for hydroxylation is 1. The predicted octanol–water partition coefficient (Wildman–Crippen LogP) is 4.00. The molecule has 16 heavy (non-hydrogen) atoms. The smallest absolute Gasteiger partial charge is 0.138 e. The Bertz CT molecular complexity index is 346. The van der Waals surface area contributed by atoms with Gasteiger partial charge in [0.25, 0.3) is 0 Å². The Balaban J connectivity index is 0.000000673. The largest absolute Gasteiger partial charge is 0.506 e. The molecule has 0 aliphatic carbocycles. The molecule has 3 N–H and O–H groups in total. The Labute approximate surface area is 107 Å². The van der Waals surface area contributed by atoms with E-state index in [1.807, 2.05) is 13.0 Å². The van der Waals surface area contributed by atoms with Gasteiger partial charge in [-0.3, -0.25) is 0 Å². The van der Waals surface area contributed by atoms with Crippen LogP contribution in [0.1, 0.15) is 31.9 Å². The minimum atomic E-state index is 0.0753. The van der Waals surface area contributed by atoms with E-state index in [1.165, 1.54) is 5.56 Å². The number of nitrogens with two attached hydrogens (primary N) is 1. The molecule has 0 aliphatic rings. The fourth-order valence-electron chi connectivity index (χ4n) is 1.52. The maximum absolute atomic E-state index is 9.37. The second-order valence-electron chi connectivity index (χ2n) is 4.58. The van der Waals surface area contributed by atoms with E-state index in [4.69, 9.17) is 28.9 Å². The first-order valence-corrected chi connectivity index (χ1v) is 6.02. The Kier molecular flexibility index (Phi) is 5.98. The van der Waals surface area contributed by atoms with Gasteiger partial charge < -0.3 is 10.8 Å². The number of phenols is 1. The third kappa shape index (κ3) is 4.50. The van der Waals surface area contributed by atoms with Crippen molar-refractivity contribution in [2.45, 2.75) is 33.1 Å². The van der Waals surface area contributed by atoms with Crippen molar-refractivity contribution in [3.63, 3.8) is 0 Å². The van der Waals surface area contributed by atoms with E-state index in [-0.39, 0.29) is 16.5 Å². The molecule has 0 spiro atoms. The summed E-state index contributed by atoms with van der Waals surface area (Å²) in [6, 6.07) is 3.57. The number of halogens is 2. The van der Waals surface area contributed by atoms with Crippen LogP contribution in [0.4, 0.5) is 5.69 Å². The molecule has 0 aromatic heterocycles. The van der Waals surface area contributed by atoms with Crippen LogP contribution < -0.4 is 5.73 Å². The van der Waals surface area contributed by atoms with E-state index in [2.05, 4.69) is 20.8 Å². The molecule has 0 saturated heterocycles. The van der Waals surface area contributed by atoms with Gasteiger partial charge in [0, 0.05) is 0 Å². The van der Waals surface area contributed by atoms with Crippen molar-refractivity contribution in [2.24, 2.45) is 0 Å². The van der Waals surface area contributed by atoms with Crippen LogP contribution >= 0.6 is 23.2 Å². The zero-order valence-electron chi connectivity index (χ0n) is 10.1. The van der Waals surface area contributed by atoms with E-state index in [0.717, 1.165) is 5.56 Å². The van der Waals surface area contributed by atoms with Crippen LogP contribution in [0.3, 0.4) is 0 Å². The SMILES string of the molecule is Cc1cc(O)c(N)cc1C(C)(C)C.ClCCl. The summed E-state index contributed by atoms with van der Waals surface area (Å²) in [6.45, 7) is 8.38. The molecule has 0 bridgehead atoms. The van der Waals surface area contributed by atoms with Gasteiger partial charge in [0.1, 0.15) is 5.75 Å². The monoisotopic (exact) mass is 263 g/mol. The van der Waals surface area contributed by atoms with Gasteiger partial charge in [-0.15, -0.1) is 23.2 Å². The number of anilines is 1. The molecule has 0 amide bonds. The lowest BCUT2D eigenvalue weighted by molar-refractivity contribution is 0.476. The average Bonchev–Trinajstić information content (AvgIpc) is 2.10. The Morgan fingerprint density at radius 1 is 1.25 bits per heavy atom. The van der Waals surface area contributed by atoms with Crippen LogP contribution in [-0.4, -0.2) is 10.4 Å². The van der Waals surface area contributed by atoms with Crippen LogP contribution in [0.5, 0.6) is 5.75 Å². The van der Waals surface area contributed by atoms with Crippen LogP contribution in [0.25, 0.3) is 0 Å². The highest BCUT2D eigenvalue weighted by molar-refractivity contribution is 6.40. The van der Waals surface area contributed by atoms with Gasteiger partial charge in [0.2, 0.25) is 0 Å². The highest BCUT2D eigenvalue weighted by Crippen LogP contribution is 2.31. The standard InChI is InChI=1S/C11H17NO.CH2Cl2/c1-7-5-10(13)9(12)6-8(7)11(2,3)4;2-1-3/h5-6,13H,12H2,1-4H3;1H2. The summed E-state index contributed by atoms with van der Waals surface area (Å²) in [6.07, 6.45) is 0. The Morgan fingerprint density at radius 3 is 2.06 bits per heavy atom. The lowest BCUT2D eigenvalue weighted by Crippen LogP contribution is -2.13. The fourth-order valence-corrected chi connectivity index (χ4v) is 1.52. The predicted molar refractivity (Wildman–Crippen MR) is 72.5 cm³/mol. The maximum Gasteiger partial charge on any atom is 0.138 e. The number of rotatable bonds is 0. The summed E-state index contributed by atoms with van der Waals surface area (Å²) < 4.78 is 0. The number of hydrogen-bond acceptors (Lipinski definition) is 2. The molecule has 0 saturated carbocycles. The quantitative estimate of drug-likeness (QED) is 0.422. The average molecular weight is 264 g/mol. The Hall–Kier alpha value is -0.600. The van der Waals surface area contributed by atoms with E-state index < -0.39 is 0 Å². The van der Waals surface area contributed by atoms with E-state index >= 15 is 0 Å². The highest BCUT2D eigenvalue weighted by Gasteiger charge is 2.17. The summed E-state index contributed by atoms with van der Waals surface area (Å²) in [7, 11) is 0. The first-order chi connectivity index (χ1) is 7.23. The normalized spacial score (nSPS) is 10.6. The van der Waals surface area contributed by atoms with Crippen LogP contribution in [0.15, 0.2) is 12.1 Å². The second-order valence-corrected chi connectivity index (χ2v) is 5.39. The first kappa shape index (κ1) is 15.4. The summed E-state index contributed by atoms with van der Waals surface area (Å²) in [5.41, 5.74) is 8.43. The van der Waals surface area contributed by atoms with E-state index in [1.54, 1.807) is 6.07 Å². The summed E-state index contributed by atoms with van der Waals surface area (Å²) in [5, 5.41) is 9.56.